The zero-order valence-electron chi connectivity index (χ0n) is 15.8. The first-order valence-corrected chi connectivity index (χ1v) is 9.66. The molecule has 138 valence electrons. The largest absolute Gasteiger partial charge is 0.436 e. The molecule has 0 spiro atoms. The highest BCUT2D eigenvalue weighted by Crippen LogP contribution is 2.33. The van der Waals surface area contributed by atoms with Crippen molar-refractivity contribution in [2.45, 2.75) is 0 Å². The lowest BCUT2D eigenvalue weighted by molar-refractivity contribution is 0.619. The summed E-state index contributed by atoms with van der Waals surface area (Å²) in [5.41, 5.74) is 7.11. The molecule has 0 amide bonds. The van der Waals surface area contributed by atoms with E-state index in [1.54, 1.807) is 0 Å². The fourth-order valence-electron chi connectivity index (χ4n) is 3.50. The summed E-state index contributed by atoms with van der Waals surface area (Å²) in [5, 5.41) is 0. The molecule has 4 aromatic carbocycles. The van der Waals surface area contributed by atoms with Crippen molar-refractivity contribution in [1.82, 2.24) is 4.98 Å². The number of rotatable bonds is 4. The predicted molar refractivity (Wildman–Crippen MR) is 120 cm³/mol. The van der Waals surface area contributed by atoms with Gasteiger partial charge in [0.25, 0.3) is 0 Å². The number of nitrogens with zero attached hydrogens (tertiary/aromatic N) is 1. The summed E-state index contributed by atoms with van der Waals surface area (Å²) in [6.07, 6.45) is 4.22. The van der Waals surface area contributed by atoms with E-state index in [9.17, 15) is 0 Å². The number of fused-ring (bicyclic) bond motifs is 1. The maximum atomic E-state index is 6.16. The highest BCUT2D eigenvalue weighted by molar-refractivity contribution is 5.92. The van der Waals surface area contributed by atoms with Crippen molar-refractivity contribution < 1.29 is 4.42 Å². The van der Waals surface area contributed by atoms with Gasteiger partial charge in [0.2, 0.25) is 5.89 Å². The second kappa shape index (κ2) is 7.61. The molecule has 5 rings (SSSR count). The quantitative estimate of drug-likeness (QED) is 0.308. The summed E-state index contributed by atoms with van der Waals surface area (Å²) in [6, 6.07) is 34.8. The number of oxazole rings is 1. The molecule has 29 heavy (non-hydrogen) atoms. The molecule has 0 saturated carbocycles. The van der Waals surface area contributed by atoms with Crippen LogP contribution in [0.25, 0.3) is 45.8 Å². The Labute approximate surface area is 169 Å². The fraction of sp³-hybridized carbons (Fsp3) is 0. The van der Waals surface area contributed by atoms with Crippen LogP contribution < -0.4 is 0 Å². The van der Waals surface area contributed by atoms with E-state index in [1.807, 2.05) is 60.7 Å². The van der Waals surface area contributed by atoms with E-state index in [-0.39, 0.29) is 0 Å². The fourth-order valence-corrected chi connectivity index (χ4v) is 3.50. The summed E-state index contributed by atoms with van der Waals surface area (Å²) < 4.78 is 6.16. The van der Waals surface area contributed by atoms with Gasteiger partial charge in [-0.15, -0.1) is 0 Å². The first-order chi connectivity index (χ1) is 14.4. The molecule has 1 heterocycles. The van der Waals surface area contributed by atoms with Crippen molar-refractivity contribution in [1.29, 1.82) is 0 Å². The van der Waals surface area contributed by atoms with E-state index < -0.39 is 0 Å². The average Bonchev–Trinajstić information content (AvgIpc) is 3.23. The third-order valence-corrected chi connectivity index (χ3v) is 4.95. The maximum absolute atomic E-state index is 6.16. The van der Waals surface area contributed by atoms with E-state index in [1.165, 1.54) is 0 Å². The lowest BCUT2D eigenvalue weighted by Gasteiger charge is -2.02. The van der Waals surface area contributed by atoms with Gasteiger partial charge in [-0.1, -0.05) is 103 Å². The van der Waals surface area contributed by atoms with E-state index in [2.05, 4.69) is 54.6 Å². The topological polar surface area (TPSA) is 26.0 Å². The molecule has 0 N–H and O–H groups in total. The second-order valence-corrected chi connectivity index (χ2v) is 6.87. The van der Waals surface area contributed by atoms with Crippen molar-refractivity contribution in [3.8, 4) is 22.6 Å². The molecule has 0 fully saturated rings. The smallest absolute Gasteiger partial charge is 0.227 e. The van der Waals surface area contributed by atoms with Crippen LogP contribution in [0.15, 0.2) is 108 Å². The van der Waals surface area contributed by atoms with Gasteiger partial charge < -0.3 is 4.42 Å². The van der Waals surface area contributed by atoms with Gasteiger partial charge in [-0.2, -0.15) is 0 Å². The van der Waals surface area contributed by atoms with Crippen LogP contribution in [0.3, 0.4) is 0 Å². The standard InChI is InChI=1S/C27H19NO/c1-3-10-20(11-4-1)18-19-22-14-7-8-15-24(22)27-28-26-23(16-9-17-25(26)29-27)21-12-5-2-6-13-21/h1-19H/b19-18+. The number of hydrogen-bond acceptors (Lipinski definition) is 2. The first-order valence-electron chi connectivity index (χ1n) is 9.66. The molecular weight excluding hydrogens is 354 g/mol. The van der Waals surface area contributed by atoms with E-state index >= 15 is 0 Å². The molecular formula is C27H19NO. The Morgan fingerprint density at radius 2 is 1.28 bits per heavy atom. The van der Waals surface area contributed by atoms with Gasteiger partial charge >= 0.3 is 0 Å². The summed E-state index contributed by atoms with van der Waals surface area (Å²) in [7, 11) is 0. The highest BCUT2D eigenvalue weighted by atomic mass is 16.3. The Bertz CT molecular complexity index is 1280. The molecule has 2 heteroatoms. The minimum atomic E-state index is 0.636. The van der Waals surface area contributed by atoms with Crippen LogP contribution in [0.2, 0.25) is 0 Å². The Balaban J connectivity index is 1.60. The molecule has 0 aliphatic rings. The average molecular weight is 373 g/mol. The summed E-state index contributed by atoms with van der Waals surface area (Å²) in [5.74, 6) is 0.636. The lowest BCUT2D eigenvalue weighted by atomic mass is 10.0. The molecule has 0 unspecified atom stereocenters. The molecule has 0 atom stereocenters. The van der Waals surface area contributed by atoms with Gasteiger partial charge in [-0.05, 0) is 28.8 Å². The third kappa shape index (κ3) is 3.48. The molecule has 0 aliphatic carbocycles. The van der Waals surface area contributed by atoms with Gasteiger partial charge in [-0.25, -0.2) is 4.98 Å². The molecule has 2 nitrogen and oxygen atoms in total. The Morgan fingerprint density at radius 1 is 0.586 bits per heavy atom. The van der Waals surface area contributed by atoms with Crippen LogP contribution in [-0.2, 0) is 0 Å². The first kappa shape index (κ1) is 17.2. The van der Waals surface area contributed by atoms with E-state index in [0.717, 1.165) is 38.9 Å². The number of aromatic nitrogens is 1. The van der Waals surface area contributed by atoms with Gasteiger partial charge in [0, 0.05) is 11.1 Å². The molecule has 1 aromatic heterocycles. The normalized spacial score (nSPS) is 11.3. The minimum absolute atomic E-state index is 0.636. The van der Waals surface area contributed by atoms with Crippen LogP contribution in [0, 0.1) is 0 Å². The van der Waals surface area contributed by atoms with Gasteiger partial charge in [0.15, 0.2) is 5.58 Å². The molecule has 0 radical (unpaired) electrons. The van der Waals surface area contributed by atoms with Crippen LogP contribution in [0.1, 0.15) is 11.1 Å². The van der Waals surface area contributed by atoms with Gasteiger partial charge in [-0.3, -0.25) is 0 Å². The van der Waals surface area contributed by atoms with Crippen molar-refractivity contribution in [2.75, 3.05) is 0 Å². The van der Waals surface area contributed by atoms with Crippen molar-refractivity contribution in [3.05, 3.63) is 114 Å². The maximum Gasteiger partial charge on any atom is 0.227 e. The molecule has 5 aromatic rings. The van der Waals surface area contributed by atoms with Gasteiger partial charge in [0.1, 0.15) is 5.52 Å². The van der Waals surface area contributed by atoms with Gasteiger partial charge in [0.05, 0.1) is 0 Å². The van der Waals surface area contributed by atoms with Crippen molar-refractivity contribution in [2.24, 2.45) is 0 Å². The van der Waals surface area contributed by atoms with Crippen molar-refractivity contribution >= 4 is 23.3 Å². The Hall–Kier alpha value is -3.91. The highest BCUT2D eigenvalue weighted by Gasteiger charge is 2.14. The zero-order valence-corrected chi connectivity index (χ0v) is 15.8. The molecule has 0 bridgehead atoms. The van der Waals surface area contributed by atoms with Crippen LogP contribution in [-0.4, -0.2) is 4.98 Å². The molecule has 0 aliphatic heterocycles. The SMILES string of the molecule is C(=C\c1ccccc1-c1nc2c(-c3ccccc3)cccc2o1)/c1ccccc1. The monoisotopic (exact) mass is 373 g/mol. The van der Waals surface area contributed by atoms with E-state index in [0.29, 0.717) is 5.89 Å². The zero-order chi connectivity index (χ0) is 19.5. The second-order valence-electron chi connectivity index (χ2n) is 6.87. The summed E-state index contributed by atoms with van der Waals surface area (Å²) in [6.45, 7) is 0. The van der Waals surface area contributed by atoms with Crippen LogP contribution in [0.5, 0.6) is 0 Å². The lowest BCUT2D eigenvalue weighted by Crippen LogP contribution is -1.83. The minimum Gasteiger partial charge on any atom is -0.436 e. The summed E-state index contributed by atoms with van der Waals surface area (Å²) in [4.78, 5) is 4.87. The third-order valence-electron chi connectivity index (χ3n) is 4.95. The van der Waals surface area contributed by atoms with Crippen LogP contribution in [0.4, 0.5) is 0 Å². The van der Waals surface area contributed by atoms with Crippen LogP contribution >= 0.6 is 0 Å². The Kier molecular flexibility index (Phi) is 4.51. The van der Waals surface area contributed by atoms with Crippen molar-refractivity contribution in [3.63, 3.8) is 0 Å². The predicted octanol–water partition coefficient (Wildman–Crippen LogP) is 7.33. The number of para-hydroxylation sites is 1. The Morgan fingerprint density at radius 3 is 2.10 bits per heavy atom. The molecule has 0 saturated heterocycles. The number of hydrogen-bond donors (Lipinski definition) is 0. The summed E-state index contributed by atoms with van der Waals surface area (Å²) >= 11 is 0. The van der Waals surface area contributed by atoms with E-state index in [4.69, 9.17) is 9.40 Å². The number of benzene rings is 4.